The number of carbonyl (C=O) groups is 1. The van der Waals surface area contributed by atoms with E-state index in [0.717, 1.165) is 0 Å². The molecule has 250 valence electrons. The minimum absolute atomic E-state index is 0.0366. The molecule has 3 aromatic rings. The van der Waals surface area contributed by atoms with E-state index in [4.69, 9.17) is 39.8 Å². The van der Waals surface area contributed by atoms with E-state index in [1.54, 1.807) is 0 Å². The predicted molar refractivity (Wildman–Crippen MR) is 151 cm³/mol. The number of azide groups is 1. The van der Waals surface area contributed by atoms with E-state index in [1.165, 1.54) is 43.1 Å². The van der Waals surface area contributed by atoms with Crippen LogP contribution in [-0.2, 0) is 36.3 Å². The number of fused-ring (bicyclic) bond motifs is 1. The van der Waals surface area contributed by atoms with Gasteiger partial charge in [-0.3, -0.25) is 18.9 Å². The highest BCUT2D eigenvalue weighted by molar-refractivity contribution is 7.66. The third-order valence-electron chi connectivity index (χ3n) is 6.17. The van der Waals surface area contributed by atoms with Crippen molar-refractivity contribution in [3.8, 4) is 5.75 Å². The Morgan fingerprint density at radius 1 is 1.26 bits per heavy atom. The van der Waals surface area contributed by atoms with Crippen LogP contribution in [0.3, 0.4) is 0 Å². The lowest BCUT2D eigenvalue weighted by Gasteiger charge is -2.22. The number of carbonyl (C=O) groups excluding carboxylic acids is 1. The number of methoxy groups -OCH3 is 1. The van der Waals surface area contributed by atoms with Crippen molar-refractivity contribution in [3.05, 3.63) is 56.4 Å². The summed E-state index contributed by atoms with van der Waals surface area (Å²) in [5.74, 6) is -0.895. The maximum atomic E-state index is 13.4. The number of nitrogens with one attached hydrogen (secondary N) is 1. The van der Waals surface area contributed by atoms with Crippen LogP contribution in [0.1, 0.15) is 41.5 Å². The summed E-state index contributed by atoms with van der Waals surface area (Å²) in [6, 6.07) is 3.37. The maximum Gasteiger partial charge on any atom is 0.490 e. The molecule has 4 rings (SSSR count). The van der Waals surface area contributed by atoms with Crippen LogP contribution in [0, 0.1) is 0 Å². The van der Waals surface area contributed by atoms with Crippen molar-refractivity contribution in [2.45, 2.75) is 37.8 Å². The Hall–Kier alpha value is -3.68. The van der Waals surface area contributed by atoms with Crippen molar-refractivity contribution < 1.29 is 65.4 Å². The summed E-state index contributed by atoms with van der Waals surface area (Å²) < 4.78 is 65.1. The quantitative estimate of drug-likeness (QED) is 0.0485. The number of imidazole rings is 1. The fraction of sp³-hybridized carbons (Fsp3) is 0.400. The predicted octanol–water partition coefficient (Wildman–Crippen LogP) is 1.94. The Kier molecular flexibility index (Phi) is 10.4. The lowest BCUT2D eigenvalue weighted by atomic mass is 10.0. The number of H-pyrrole nitrogens is 1. The molecule has 46 heavy (non-hydrogen) atoms. The van der Waals surface area contributed by atoms with E-state index in [9.17, 15) is 33.1 Å². The second-order valence-corrected chi connectivity index (χ2v) is 13.7. The molecular formula is C20H25N8O15P3. The van der Waals surface area contributed by atoms with Gasteiger partial charge >= 0.3 is 29.4 Å². The number of phosphoric ester groups is 1. The molecule has 7 N–H and O–H groups in total. The van der Waals surface area contributed by atoms with Crippen LogP contribution in [0.5, 0.6) is 5.75 Å². The first-order valence-electron chi connectivity index (χ1n) is 12.5. The molecule has 0 amide bonds. The van der Waals surface area contributed by atoms with E-state index >= 15 is 0 Å². The number of esters is 1. The largest absolute Gasteiger partial charge is 0.497 e. The third kappa shape index (κ3) is 8.56. The molecule has 6 atom stereocenters. The standard InChI is InChI=1S/C20H25N8O15P3/c1-9(26-27-22)12-5-10(38-2)3-4-11(12)19(30)41-13-6-15(28-8-23-16-17(28)24-20(21)25-18(16)29)40-14(13)7-39-45(34,35)43-46(36,37)42-44(31,32)33/h3-5,8-9,13-15H,6-7H2,1-2H3,(H,34,35)(H,36,37)(H2,31,32,33)(H3,21,24,25,29)/t9?,13?,14-,15-/m1/s1. The molecule has 4 unspecified atom stereocenters. The number of hydrogen-bond acceptors (Lipinski definition) is 15. The highest BCUT2D eigenvalue weighted by Gasteiger charge is 2.44. The molecule has 1 fully saturated rings. The van der Waals surface area contributed by atoms with Gasteiger partial charge in [-0.1, -0.05) is 12.0 Å². The Morgan fingerprint density at radius 2 is 1.98 bits per heavy atom. The number of hydrogen-bond donors (Lipinski definition) is 6. The van der Waals surface area contributed by atoms with Crippen LogP contribution < -0.4 is 16.0 Å². The first kappa shape index (κ1) is 35.2. The monoisotopic (exact) mass is 710 g/mol. The van der Waals surface area contributed by atoms with E-state index < -0.39 is 66.1 Å². The summed E-state index contributed by atoms with van der Waals surface area (Å²) in [5.41, 5.74) is 13.9. The normalized spacial score (nSPS) is 21.6. The van der Waals surface area contributed by atoms with Gasteiger partial charge < -0.3 is 39.5 Å². The SMILES string of the molecule is COc1ccc(C(=O)OC2C[C@H](n3cnc4c(=O)[nH]c(N)nc43)O[C@@H]2COP(=O)(O)OP(=O)(O)OP(=O)(O)O)c(C(C)N=[N+]=[N-])c1. The molecule has 2 aromatic heterocycles. The molecule has 1 aliphatic heterocycles. The topological polar surface area (TPSA) is 343 Å². The Labute approximate surface area is 256 Å². The van der Waals surface area contributed by atoms with Crippen molar-refractivity contribution in [3.63, 3.8) is 0 Å². The zero-order valence-corrected chi connectivity index (χ0v) is 26.1. The minimum atomic E-state index is -5.83. The van der Waals surface area contributed by atoms with Gasteiger partial charge in [-0.15, -0.1) is 0 Å². The number of aromatic nitrogens is 4. The van der Waals surface area contributed by atoms with E-state index in [0.29, 0.717) is 5.75 Å². The zero-order valence-electron chi connectivity index (χ0n) is 23.4. The van der Waals surface area contributed by atoms with Gasteiger partial charge in [0, 0.05) is 11.3 Å². The molecule has 1 aromatic carbocycles. The van der Waals surface area contributed by atoms with Crippen molar-refractivity contribution in [1.82, 2.24) is 19.5 Å². The van der Waals surface area contributed by atoms with Crippen molar-refractivity contribution >= 4 is 46.5 Å². The van der Waals surface area contributed by atoms with Gasteiger partial charge in [-0.05, 0) is 29.3 Å². The fourth-order valence-corrected chi connectivity index (χ4v) is 7.34. The number of benzene rings is 1. The molecule has 0 aliphatic carbocycles. The molecule has 3 heterocycles. The number of anilines is 1. The summed E-state index contributed by atoms with van der Waals surface area (Å²) in [6.45, 7) is 0.529. The number of ether oxygens (including phenoxy) is 3. The molecular weight excluding hydrogens is 685 g/mol. The molecule has 1 aliphatic rings. The number of nitrogens with two attached hydrogens (primary N) is 1. The smallest absolute Gasteiger partial charge is 0.490 e. The number of nitrogens with zero attached hydrogens (tertiary/aromatic N) is 6. The molecule has 23 nitrogen and oxygen atoms in total. The van der Waals surface area contributed by atoms with E-state index in [2.05, 4.69) is 33.6 Å². The second-order valence-electron chi connectivity index (χ2n) is 9.30. The van der Waals surface area contributed by atoms with Crippen molar-refractivity contribution in [1.29, 1.82) is 0 Å². The van der Waals surface area contributed by atoms with Crippen LogP contribution >= 0.6 is 23.5 Å². The molecule has 1 saturated heterocycles. The van der Waals surface area contributed by atoms with Crippen LogP contribution in [0.25, 0.3) is 21.6 Å². The molecule has 0 bridgehead atoms. The zero-order chi connectivity index (χ0) is 34.0. The van der Waals surface area contributed by atoms with Gasteiger partial charge in [0.1, 0.15) is 24.2 Å². The number of phosphoric acid groups is 3. The molecule has 0 spiro atoms. The molecule has 0 radical (unpaired) electrons. The minimum Gasteiger partial charge on any atom is -0.497 e. The van der Waals surface area contributed by atoms with Crippen molar-refractivity contribution in [2.75, 3.05) is 19.5 Å². The average molecular weight is 710 g/mol. The van der Waals surface area contributed by atoms with Crippen molar-refractivity contribution in [2.24, 2.45) is 5.11 Å². The average Bonchev–Trinajstić information content (AvgIpc) is 3.53. The fourth-order valence-electron chi connectivity index (χ4n) is 4.31. The maximum absolute atomic E-state index is 13.4. The first-order chi connectivity index (χ1) is 21.4. The number of nitrogen functional groups attached to an aromatic ring is 1. The summed E-state index contributed by atoms with van der Waals surface area (Å²) >= 11 is 0. The second kappa shape index (κ2) is 13.6. The lowest BCUT2D eigenvalue weighted by molar-refractivity contribution is -0.0490. The van der Waals surface area contributed by atoms with Gasteiger partial charge in [0.05, 0.1) is 31.6 Å². The van der Waals surface area contributed by atoms with Crippen LogP contribution in [-0.4, -0.2) is 71.0 Å². The Morgan fingerprint density at radius 3 is 2.63 bits per heavy atom. The van der Waals surface area contributed by atoms with Crippen LogP contribution in [0.2, 0.25) is 0 Å². The summed E-state index contributed by atoms with van der Waals surface area (Å²) in [4.78, 5) is 75.6. The van der Waals surface area contributed by atoms with Gasteiger partial charge in [0.15, 0.2) is 11.2 Å². The van der Waals surface area contributed by atoms with Gasteiger partial charge in [0.2, 0.25) is 5.95 Å². The number of aromatic amines is 1. The highest BCUT2D eigenvalue weighted by atomic mass is 31.3. The van der Waals surface area contributed by atoms with Gasteiger partial charge in [-0.2, -0.15) is 13.6 Å². The van der Waals surface area contributed by atoms with Crippen LogP contribution in [0.15, 0.2) is 34.4 Å². The van der Waals surface area contributed by atoms with E-state index in [-0.39, 0.29) is 34.7 Å². The third-order valence-corrected chi connectivity index (χ3v) is 9.97. The van der Waals surface area contributed by atoms with Crippen LogP contribution in [0.4, 0.5) is 5.95 Å². The first-order valence-corrected chi connectivity index (χ1v) is 17.0. The van der Waals surface area contributed by atoms with Gasteiger partial charge in [0.25, 0.3) is 5.56 Å². The lowest BCUT2D eigenvalue weighted by Crippen LogP contribution is -2.31. The molecule has 0 saturated carbocycles. The summed E-state index contributed by atoms with van der Waals surface area (Å²) in [5, 5.41) is 3.60. The summed E-state index contributed by atoms with van der Waals surface area (Å²) in [6.07, 6.45) is -2.92. The number of rotatable bonds is 13. The van der Waals surface area contributed by atoms with Gasteiger partial charge in [-0.25, -0.2) is 23.5 Å². The molecule has 26 heteroatoms. The summed E-state index contributed by atoms with van der Waals surface area (Å²) in [7, 11) is -15.7. The Balaban J connectivity index is 1.63. The highest BCUT2D eigenvalue weighted by Crippen LogP contribution is 2.66. The Bertz CT molecular complexity index is 1890. The van der Waals surface area contributed by atoms with E-state index in [1.807, 2.05) is 0 Å².